The summed E-state index contributed by atoms with van der Waals surface area (Å²) >= 11 is 6.33. The summed E-state index contributed by atoms with van der Waals surface area (Å²) in [6, 6.07) is 6.57. The fourth-order valence-electron chi connectivity index (χ4n) is 4.15. The number of nitrogens with one attached hydrogen (secondary N) is 1. The van der Waals surface area contributed by atoms with Gasteiger partial charge in [-0.1, -0.05) is 30.7 Å². The number of aromatic nitrogens is 1. The van der Waals surface area contributed by atoms with E-state index in [0.29, 0.717) is 12.1 Å². The minimum absolute atomic E-state index is 0.0223. The molecule has 12 heteroatoms. The summed E-state index contributed by atoms with van der Waals surface area (Å²) in [5.41, 5.74) is -3.61. The van der Waals surface area contributed by atoms with Crippen LogP contribution in [0.5, 0.6) is 0 Å². The predicted molar refractivity (Wildman–Crippen MR) is 127 cm³/mol. The van der Waals surface area contributed by atoms with Crippen molar-refractivity contribution >= 4 is 29.2 Å². The molecule has 200 valence electrons. The summed E-state index contributed by atoms with van der Waals surface area (Å²) in [5.74, 6) is -6.53. The number of rotatable bonds is 7. The van der Waals surface area contributed by atoms with Gasteiger partial charge in [0.15, 0.2) is 0 Å². The molecular formula is C26H19ClF6N2O3. The Morgan fingerprint density at radius 1 is 1.08 bits per heavy atom. The van der Waals surface area contributed by atoms with Gasteiger partial charge in [-0.05, 0) is 43.2 Å². The van der Waals surface area contributed by atoms with Gasteiger partial charge >= 0.3 is 12.1 Å². The van der Waals surface area contributed by atoms with Crippen molar-refractivity contribution < 1.29 is 41.0 Å². The highest BCUT2D eigenvalue weighted by Crippen LogP contribution is 2.50. The van der Waals surface area contributed by atoms with E-state index in [1.165, 1.54) is 19.1 Å². The first-order chi connectivity index (χ1) is 17.7. The van der Waals surface area contributed by atoms with E-state index in [9.17, 15) is 41.0 Å². The average Bonchev–Trinajstić information content (AvgIpc) is 3.65. The highest BCUT2D eigenvalue weighted by molar-refractivity contribution is 6.34. The molecule has 1 saturated carbocycles. The van der Waals surface area contributed by atoms with E-state index in [2.05, 4.69) is 10.3 Å². The number of carboxylic acid groups (broad SMARTS) is 1. The van der Waals surface area contributed by atoms with Gasteiger partial charge in [0, 0.05) is 35.0 Å². The molecule has 2 aromatic carbocycles. The van der Waals surface area contributed by atoms with Crippen molar-refractivity contribution in [1.82, 2.24) is 4.98 Å². The summed E-state index contributed by atoms with van der Waals surface area (Å²) < 4.78 is 81.1. The predicted octanol–water partition coefficient (Wildman–Crippen LogP) is 7.43. The molecular weight excluding hydrogens is 538 g/mol. The maximum absolute atomic E-state index is 14.6. The molecule has 1 amide bonds. The molecule has 1 aromatic heterocycles. The lowest BCUT2D eigenvalue weighted by Crippen LogP contribution is -2.29. The quantitative estimate of drug-likeness (QED) is 0.297. The Hall–Kier alpha value is -3.60. The van der Waals surface area contributed by atoms with Crippen LogP contribution in [-0.2, 0) is 22.3 Å². The normalized spacial score (nSPS) is 14.7. The lowest BCUT2D eigenvalue weighted by atomic mass is 9.92. The van der Waals surface area contributed by atoms with Gasteiger partial charge in [-0.3, -0.25) is 9.78 Å². The van der Waals surface area contributed by atoms with Crippen LogP contribution in [0.1, 0.15) is 53.4 Å². The standard InChI is InChI=1S/C26H19ClF6N2O3/c1-2-25(29,30)20-6-3-13(12-34-20)21-16(22(36)37)10-15(11-18(21)27)35-23(38)24(7-8-24)17-5-4-14(9-19(17)28)26(31,32)33/h3-6,9-12H,2,7-8H2,1H3,(H,35,38)(H,36,37). The zero-order valence-electron chi connectivity index (χ0n) is 19.6. The first-order valence-corrected chi connectivity index (χ1v) is 11.7. The van der Waals surface area contributed by atoms with Gasteiger partial charge < -0.3 is 10.4 Å². The second kappa shape index (κ2) is 9.61. The Morgan fingerprint density at radius 3 is 2.26 bits per heavy atom. The molecule has 4 rings (SSSR count). The minimum atomic E-state index is -4.75. The van der Waals surface area contributed by atoms with Crippen LogP contribution in [0.15, 0.2) is 48.7 Å². The Morgan fingerprint density at radius 2 is 1.76 bits per heavy atom. The van der Waals surface area contributed by atoms with Crippen molar-refractivity contribution in [2.45, 2.75) is 43.7 Å². The van der Waals surface area contributed by atoms with Crippen molar-refractivity contribution in [3.05, 3.63) is 81.9 Å². The van der Waals surface area contributed by atoms with Crippen LogP contribution in [-0.4, -0.2) is 22.0 Å². The van der Waals surface area contributed by atoms with Crippen molar-refractivity contribution in [3.8, 4) is 11.1 Å². The van der Waals surface area contributed by atoms with Crippen LogP contribution in [0, 0.1) is 5.82 Å². The monoisotopic (exact) mass is 556 g/mol. The fraction of sp³-hybridized carbons (Fsp3) is 0.269. The summed E-state index contributed by atoms with van der Waals surface area (Å²) in [4.78, 5) is 28.8. The molecule has 0 radical (unpaired) electrons. The molecule has 1 aliphatic rings. The SMILES string of the molecule is CCC(F)(F)c1ccc(-c2c(Cl)cc(NC(=O)C3(c4ccc(C(F)(F)F)cc4F)CC3)cc2C(=O)O)cn1. The number of hydrogen-bond acceptors (Lipinski definition) is 3. The average molecular weight is 557 g/mol. The lowest BCUT2D eigenvalue weighted by molar-refractivity contribution is -0.137. The van der Waals surface area contributed by atoms with Crippen LogP contribution in [0.3, 0.4) is 0 Å². The van der Waals surface area contributed by atoms with Crippen LogP contribution in [0.25, 0.3) is 11.1 Å². The molecule has 0 aliphatic heterocycles. The number of pyridine rings is 1. The molecule has 2 N–H and O–H groups in total. The molecule has 1 fully saturated rings. The summed E-state index contributed by atoms with van der Waals surface area (Å²) in [6.45, 7) is 1.29. The Bertz CT molecular complexity index is 1420. The Labute approximate surface area is 217 Å². The number of hydrogen-bond donors (Lipinski definition) is 2. The topological polar surface area (TPSA) is 79.3 Å². The summed E-state index contributed by atoms with van der Waals surface area (Å²) in [6.07, 6.45) is -3.83. The first kappa shape index (κ1) is 27.4. The maximum atomic E-state index is 14.6. The lowest BCUT2D eigenvalue weighted by Gasteiger charge is -2.19. The number of benzene rings is 2. The number of carbonyl (C=O) groups excluding carboxylic acids is 1. The smallest absolute Gasteiger partial charge is 0.416 e. The third kappa shape index (κ3) is 5.07. The van der Waals surface area contributed by atoms with Gasteiger partial charge in [-0.15, -0.1) is 0 Å². The summed E-state index contributed by atoms with van der Waals surface area (Å²) in [7, 11) is 0. The van der Waals surface area contributed by atoms with E-state index in [1.54, 1.807) is 0 Å². The van der Waals surface area contributed by atoms with Crippen molar-refractivity contribution in [2.75, 3.05) is 5.32 Å². The van der Waals surface area contributed by atoms with E-state index < -0.39 is 52.9 Å². The van der Waals surface area contributed by atoms with Gasteiger partial charge in [-0.2, -0.15) is 22.0 Å². The molecule has 0 saturated heterocycles. The van der Waals surface area contributed by atoms with Crippen LogP contribution in [0.2, 0.25) is 5.02 Å². The van der Waals surface area contributed by atoms with E-state index in [0.717, 1.165) is 24.4 Å². The number of anilines is 1. The number of carbonyl (C=O) groups is 2. The van der Waals surface area contributed by atoms with E-state index in [1.807, 2.05) is 0 Å². The molecule has 1 heterocycles. The Balaban J connectivity index is 1.65. The molecule has 3 aromatic rings. The zero-order chi connectivity index (χ0) is 28.0. The minimum Gasteiger partial charge on any atom is -0.478 e. The molecule has 0 unspecified atom stereocenters. The number of alkyl halides is 5. The van der Waals surface area contributed by atoms with Crippen LogP contribution < -0.4 is 5.32 Å². The number of nitrogens with zero attached hydrogens (tertiary/aromatic N) is 1. The fourth-order valence-corrected chi connectivity index (χ4v) is 4.48. The zero-order valence-corrected chi connectivity index (χ0v) is 20.4. The van der Waals surface area contributed by atoms with E-state index >= 15 is 0 Å². The first-order valence-electron chi connectivity index (χ1n) is 11.3. The molecule has 38 heavy (non-hydrogen) atoms. The number of halogens is 7. The van der Waals surface area contributed by atoms with Crippen molar-refractivity contribution in [2.24, 2.45) is 0 Å². The van der Waals surface area contributed by atoms with Crippen molar-refractivity contribution in [1.29, 1.82) is 0 Å². The molecule has 0 atom stereocenters. The van der Waals surface area contributed by atoms with Crippen LogP contribution >= 0.6 is 11.6 Å². The number of aromatic carboxylic acids is 1. The van der Waals surface area contributed by atoms with Crippen molar-refractivity contribution in [3.63, 3.8) is 0 Å². The van der Waals surface area contributed by atoms with Gasteiger partial charge in [0.25, 0.3) is 5.92 Å². The molecule has 0 bridgehead atoms. The maximum Gasteiger partial charge on any atom is 0.416 e. The molecule has 5 nitrogen and oxygen atoms in total. The second-order valence-corrected chi connectivity index (χ2v) is 9.31. The van der Waals surface area contributed by atoms with Gasteiger partial charge in [0.2, 0.25) is 5.91 Å². The van der Waals surface area contributed by atoms with E-state index in [4.69, 9.17) is 11.6 Å². The van der Waals surface area contributed by atoms with Gasteiger partial charge in [0.1, 0.15) is 11.5 Å². The molecule has 1 aliphatic carbocycles. The second-order valence-electron chi connectivity index (χ2n) is 8.90. The number of carboxylic acids is 1. The largest absolute Gasteiger partial charge is 0.478 e. The van der Waals surface area contributed by atoms with Gasteiger partial charge in [-0.25, -0.2) is 9.18 Å². The summed E-state index contributed by atoms with van der Waals surface area (Å²) in [5, 5.41) is 12.1. The highest BCUT2D eigenvalue weighted by Gasteiger charge is 2.53. The third-order valence-corrected chi connectivity index (χ3v) is 6.74. The van der Waals surface area contributed by atoms with Crippen LogP contribution in [0.4, 0.5) is 32.0 Å². The highest BCUT2D eigenvalue weighted by atomic mass is 35.5. The number of amides is 1. The van der Waals surface area contributed by atoms with E-state index in [-0.39, 0.29) is 45.8 Å². The van der Waals surface area contributed by atoms with Gasteiger partial charge in [0.05, 0.1) is 21.6 Å². The third-order valence-electron chi connectivity index (χ3n) is 6.45. The molecule has 0 spiro atoms. The Kier molecular flexibility index (Phi) is 6.94.